The first-order chi connectivity index (χ1) is 12.3. The Balaban J connectivity index is 1.89. The molecule has 0 fully saturated rings. The van der Waals surface area contributed by atoms with Crippen molar-refractivity contribution in [2.45, 2.75) is 32.6 Å². The van der Waals surface area contributed by atoms with Crippen LogP contribution in [-0.4, -0.2) is 15.5 Å². The van der Waals surface area contributed by atoms with E-state index in [0.717, 1.165) is 9.44 Å². The van der Waals surface area contributed by atoms with Gasteiger partial charge in [0.2, 0.25) is 11.7 Å². The minimum atomic E-state index is -4.63. The number of nitrogens with zero attached hydrogens (tertiary/aromatic N) is 2. The summed E-state index contributed by atoms with van der Waals surface area (Å²) >= 11 is 1.51. The van der Waals surface area contributed by atoms with E-state index in [1.54, 1.807) is 12.1 Å². The van der Waals surface area contributed by atoms with Crippen LogP contribution in [0.2, 0.25) is 0 Å². The van der Waals surface area contributed by atoms with Gasteiger partial charge in [-0.15, -0.1) is 11.3 Å². The summed E-state index contributed by atoms with van der Waals surface area (Å²) in [6.45, 7) is 3.47. The van der Waals surface area contributed by atoms with Crippen molar-refractivity contribution < 1.29 is 18.0 Å². The number of nitrogens with one attached hydrogen (secondary N) is 1. The van der Waals surface area contributed by atoms with Crippen molar-refractivity contribution in [1.82, 2.24) is 14.9 Å². The predicted molar refractivity (Wildman–Crippen MR) is 94.8 cm³/mol. The Kier molecular flexibility index (Phi) is 5.04. The lowest BCUT2D eigenvalue weighted by Gasteiger charge is -2.22. The highest BCUT2D eigenvalue weighted by atomic mass is 32.1. The molecule has 0 aliphatic carbocycles. The van der Waals surface area contributed by atoms with Gasteiger partial charge in [0.15, 0.2) is 0 Å². The lowest BCUT2D eigenvalue weighted by Crippen LogP contribution is -2.34. The summed E-state index contributed by atoms with van der Waals surface area (Å²) in [6.07, 6.45) is -4.63. The molecule has 0 aliphatic rings. The van der Waals surface area contributed by atoms with E-state index in [1.165, 1.54) is 23.5 Å². The van der Waals surface area contributed by atoms with E-state index in [4.69, 9.17) is 0 Å². The third-order valence-electron chi connectivity index (χ3n) is 4.04. The number of rotatable bonds is 5. The Bertz CT molecular complexity index is 900. The molecule has 0 saturated heterocycles. The molecule has 2 aromatic heterocycles. The first-order valence-electron chi connectivity index (χ1n) is 8.12. The van der Waals surface area contributed by atoms with Gasteiger partial charge in [-0.05, 0) is 29.5 Å². The number of amides is 1. The van der Waals surface area contributed by atoms with Crippen molar-refractivity contribution in [2.24, 2.45) is 5.92 Å². The van der Waals surface area contributed by atoms with Crippen molar-refractivity contribution in [3.8, 4) is 0 Å². The highest BCUT2D eigenvalue weighted by Crippen LogP contribution is 2.31. The third-order valence-corrected chi connectivity index (χ3v) is 5.00. The lowest BCUT2D eigenvalue weighted by molar-refractivity contribution is -0.147. The number of thiophene rings is 1. The zero-order valence-corrected chi connectivity index (χ0v) is 15.1. The number of hydrogen-bond donors (Lipinski definition) is 1. The van der Waals surface area contributed by atoms with E-state index in [1.807, 2.05) is 31.4 Å². The molecule has 1 atom stereocenters. The third kappa shape index (κ3) is 3.75. The molecule has 0 saturated carbocycles. The number of imidazole rings is 1. The Labute approximate surface area is 152 Å². The van der Waals surface area contributed by atoms with E-state index in [9.17, 15) is 18.0 Å². The minimum absolute atomic E-state index is 0.110. The fourth-order valence-electron chi connectivity index (χ4n) is 2.85. The smallest absolute Gasteiger partial charge is 0.347 e. The number of carbonyl (C=O) groups excluding carboxylic acids is 1. The van der Waals surface area contributed by atoms with E-state index in [2.05, 4.69) is 10.3 Å². The van der Waals surface area contributed by atoms with Crippen LogP contribution >= 0.6 is 11.3 Å². The number of benzene rings is 1. The first-order valence-corrected chi connectivity index (χ1v) is 9.00. The maximum atomic E-state index is 13.3. The fourth-order valence-corrected chi connectivity index (χ4v) is 3.80. The van der Waals surface area contributed by atoms with Gasteiger partial charge >= 0.3 is 6.18 Å². The summed E-state index contributed by atoms with van der Waals surface area (Å²) < 4.78 is 40.9. The quantitative estimate of drug-likeness (QED) is 0.700. The zero-order valence-electron chi connectivity index (χ0n) is 14.2. The molecule has 1 amide bonds. The summed E-state index contributed by atoms with van der Waals surface area (Å²) in [6, 6.07) is 9.82. The standard InChI is InChI=1S/C18H18F3N3OS/c1-11(2)16(14-8-5-9-26-14)23-15(25)10-24-13-7-4-3-6-12(13)22-17(24)18(19,20)21/h3-9,11,16H,10H2,1-2H3,(H,23,25)/t16-/m1/s1. The van der Waals surface area contributed by atoms with Crippen LogP contribution in [0.15, 0.2) is 41.8 Å². The van der Waals surface area contributed by atoms with Gasteiger partial charge in [-0.2, -0.15) is 13.2 Å². The summed E-state index contributed by atoms with van der Waals surface area (Å²) in [5.41, 5.74) is 0.499. The highest BCUT2D eigenvalue weighted by molar-refractivity contribution is 7.10. The highest BCUT2D eigenvalue weighted by Gasteiger charge is 2.38. The fraction of sp³-hybridized carbons (Fsp3) is 0.333. The van der Waals surface area contributed by atoms with Crippen molar-refractivity contribution >= 4 is 28.3 Å². The summed E-state index contributed by atoms with van der Waals surface area (Å²) in [5, 5.41) is 4.76. The number of aromatic nitrogens is 2. The maximum Gasteiger partial charge on any atom is 0.449 e. The van der Waals surface area contributed by atoms with Crippen LogP contribution in [0.4, 0.5) is 13.2 Å². The molecule has 3 aromatic rings. The molecule has 2 heterocycles. The van der Waals surface area contributed by atoms with Crippen molar-refractivity contribution in [1.29, 1.82) is 0 Å². The molecule has 1 aromatic carbocycles. The summed E-state index contributed by atoms with van der Waals surface area (Å²) in [7, 11) is 0. The van der Waals surface area contributed by atoms with Crippen molar-refractivity contribution in [3.63, 3.8) is 0 Å². The second-order valence-electron chi connectivity index (χ2n) is 6.31. The SMILES string of the molecule is CC(C)[C@@H](NC(=O)Cn1c(C(F)(F)F)nc2ccccc21)c1cccs1. The zero-order chi connectivity index (χ0) is 18.9. The van der Waals surface area contributed by atoms with Crippen LogP contribution in [-0.2, 0) is 17.5 Å². The molecule has 0 radical (unpaired) electrons. The van der Waals surface area contributed by atoms with Gasteiger partial charge in [-0.3, -0.25) is 4.79 Å². The summed E-state index contributed by atoms with van der Waals surface area (Å²) in [4.78, 5) is 17.2. The number of carbonyl (C=O) groups is 1. The van der Waals surface area contributed by atoms with E-state index in [0.29, 0.717) is 0 Å². The number of halogens is 3. The molecule has 0 unspecified atom stereocenters. The molecule has 4 nitrogen and oxygen atoms in total. The van der Waals surface area contributed by atoms with Gasteiger partial charge in [0, 0.05) is 4.88 Å². The molecular weight excluding hydrogens is 363 g/mol. The van der Waals surface area contributed by atoms with Crippen LogP contribution in [0.5, 0.6) is 0 Å². The number of hydrogen-bond acceptors (Lipinski definition) is 3. The maximum absolute atomic E-state index is 13.3. The Morgan fingerprint density at radius 2 is 1.96 bits per heavy atom. The van der Waals surface area contributed by atoms with E-state index < -0.39 is 24.5 Å². The Morgan fingerprint density at radius 3 is 2.58 bits per heavy atom. The average molecular weight is 381 g/mol. The second kappa shape index (κ2) is 7.11. The van der Waals surface area contributed by atoms with Crippen molar-refractivity contribution in [2.75, 3.05) is 0 Å². The number of fused-ring (bicyclic) bond motifs is 1. The molecule has 0 bridgehead atoms. The van der Waals surface area contributed by atoms with E-state index in [-0.39, 0.29) is 23.0 Å². The monoisotopic (exact) mass is 381 g/mol. The van der Waals surface area contributed by atoms with Gasteiger partial charge in [0.05, 0.1) is 17.1 Å². The number of para-hydroxylation sites is 2. The lowest BCUT2D eigenvalue weighted by atomic mass is 10.0. The van der Waals surface area contributed by atoms with Gasteiger partial charge in [-0.1, -0.05) is 32.0 Å². The van der Waals surface area contributed by atoms with Crippen LogP contribution < -0.4 is 5.32 Å². The van der Waals surface area contributed by atoms with Gasteiger partial charge in [0.1, 0.15) is 6.54 Å². The molecule has 8 heteroatoms. The van der Waals surface area contributed by atoms with Crippen molar-refractivity contribution in [3.05, 3.63) is 52.5 Å². The van der Waals surface area contributed by atoms with Gasteiger partial charge < -0.3 is 9.88 Å². The molecule has 0 aliphatic heterocycles. The molecule has 26 heavy (non-hydrogen) atoms. The first kappa shape index (κ1) is 18.4. The molecule has 3 rings (SSSR count). The van der Waals surface area contributed by atoms with Gasteiger partial charge in [-0.25, -0.2) is 4.98 Å². The van der Waals surface area contributed by atoms with Gasteiger partial charge in [0.25, 0.3) is 0 Å². The van der Waals surface area contributed by atoms with E-state index >= 15 is 0 Å². The predicted octanol–water partition coefficient (Wildman–Crippen LogP) is 4.63. The average Bonchev–Trinajstić information content (AvgIpc) is 3.20. The molecule has 0 spiro atoms. The summed E-state index contributed by atoms with van der Waals surface area (Å²) in [5.74, 6) is -1.43. The van der Waals surface area contributed by atoms with Crippen LogP contribution in [0.25, 0.3) is 11.0 Å². The number of alkyl halides is 3. The minimum Gasteiger partial charge on any atom is -0.347 e. The Morgan fingerprint density at radius 1 is 1.23 bits per heavy atom. The van der Waals surface area contributed by atoms with Crippen LogP contribution in [0, 0.1) is 5.92 Å². The molecule has 138 valence electrons. The topological polar surface area (TPSA) is 46.9 Å². The molecular formula is C18H18F3N3OS. The Hall–Kier alpha value is -2.35. The normalized spacial score (nSPS) is 13.3. The van der Waals surface area contributed by atoms with Crippen LogP contribution in [0.3, 0.4) is 0 Å². The van der Waals surface area contributed by atoms with Crippen LogP contribution in [0.1, 0.15) is 30.6 Å². The molecule has 1 N–H and O–H groups in total. The second-order valence-corrected chi connectivity index (χ2v) is 7.29. The largest absolute Gasteiger partial charge is 0.449 e.